The lowest BCUT2D eigenvalue weighted by Gasteiger charge is -2.42. The molecule has 1 aliphatic heterocycles. The van der Waals surface area contributed by atoms with E-state index in [9.17, 15) is 33.0 Å². The smallest absolute Gasteiger partial charge is 0.390 e. The monoisotopic (exact) mass is 500 g/mol. The van der Waals surface area contributed by atoms with Crippen molar-refractivity contribution < 1.29 is 33.0 Å². The van der Waals surface area contributed by atoms with Crippen LogP contribution in [0.2, 0.25) is 5.15 Å². The molecule has 8 nitrogen and oxygen atoms in total. The first-order valence-corrected chi connectivity index (χ1v) is 11.7. The molecule has 1 saturated heterocycles. The van der Waals surface area contributed by atoms with Crippen molar-refractivity contribution in [2.45, 2.75) is 62.4 Å². The summed E-state index contributed by atoms with van der Waals surface area (Å²) in [5.74, 6) is -1.00. The van der Waals surface area contributed by atoms with Crippen molar-refractivity contribution in [2.75, 3.05) is 19.6 Å². The van der Waals surface area contributed by atoms with Gasteiger partial charge in [0.15, 0.2) is 11.3 Å². The number of amides is 2. The number of rotatable bonds is 3. The average molecular weight is 501 g/mol. The summed E-state index contributed by atoms with van der Waals surface area (Å²) in [5, 5.41) is 19.4. The minimum absolute atomic E-state index is 0.0354. The first-order valence-electron chi connectivity index (χ1n) is 11.3. The summed E-state index contributed by atoms with van der Waals surface area (Å²) in [4.78, 5) is 32.7. The predicted molar refractivity (Wildman–Crippen MR) is 114 cm³/mol. The minimum Gasteiger partial charge on any atom is -0.390 e. The fourth-order valence-electron chi connectivity index (χ4n) is 4.91. The highest BCUT2D eigenvalue weighted by Crippen LogP contribution is 2.43. The van der Waals surface area contributed by atoms with Crippen molar-refractivity contribution in [3.63, 3.8) is 0 Å². The highest BCUT2D eigenvalue weighted by atomic mass is 35.5. The molecule has 0 radical (unpaired) electrons. The SMILES string of the molecule is O=C(c1nc2c(C(F)(F)F)cc(C3CC3)cn2c1Cl)N1CCN(C2CCC(O)C(O)C2)C(=O)C1. The quantitative estimate of drug-likeness (QED) is 0.674. The standard InChI is InChI=1S/C22H24ClF3N4O4/c23-19-18(27-20-14(22(24,25)26)7-12(9-30(19)20)11-1-2-11)21(34)28-5-6-29(17(33)10-28)13-3-4-15(31)16(32)8-13/h7,9,11,13,15-16,31-32H,1-6,8,10H2. The first-order chi connectivity index (χ1) is 16.0. The predicted octanol–water partition coefficient (Wildman–Crippen LogP) is 2.44. The molecular formula is C22H24ClF3N4O4. The van der Waals surface area contributed by atoms with Crippen LogP contribution < -0.4 is 0 Å². The van der Waals surface area contributed by atoms with Gasteiger partial charge in [0.1, 0.15) is 11.7 Å². The topological polar surface area (TPSA) is 98.4 Å². The molecule has 3 heterocycles. The van der Waals surface area contributed by atoms with Gasteiger partial charge in [-0.3, -0.25) is 14.0 Å². The molecule has 0 spiro atoms. The Morgan fingerprint density at radius 1 is 1.12 bits per heavy atom. The Labute approximate surface area is 197 Å². The normalized spacial score (nSPS) is 26.4. The van der Waals surface area contributed by atoms with Crippen LogP contribution in [0, 0.1) is 0 Å². The number of piperazine rings is 1. The van der Waals surface area contributed by atoms with E-state index in [0.29, 0.717) is 18.4 Å². The van der Waals surface area contributed by atoms with Gasteiger partial charge in [-0.1, -0.05) is 11.6 Å². The van der Waals surface area contributed by atoms with E-state index in [1.54, 1.807) is 4.90 Å². The molecule has 0 bridgehead atoms. The maximum Gasteiger partial charge on any atom is 0.419 e. The number of pyridine rings is 1. The summed E-state index contributed by atoms with van der Waals surface area (Å²) >= 11 is 6.35. The van der Waals surface area contributed by atoms with Gasteiger partial charge in [0.05, 0.1) is 17.8 Å². The molecule has 2 N–H and O–H groups in total. The lowest BCUT2D eigenvalue weighted by molar-refractivity contribution is -0.141. The van der Waals surface area contributed by atoms with Gasteiger partial charge in [0, 0.05) is 25.3 Å². The summed E-state index contributed by atoms with van der Waals surface area (Å²) in [6, 6.07) is 0.833. The second-order valence-corrected chi connectivity index (χ2v) is 9.68. The lowest BCUT2D eigenvalue weighted by atomic mass is 9.89. The van der Waals surface area contributed by atoms with Gasteiger partial charge in [0.2, 0.25) is 5.91 Å². The minimum atomic E-state index is -4.67. The lowest BCUT2D eigenvalue weighted by Crippen LogP contribution is -2.57. The van der Waals surface area contributed by atoms with Crippen molar-refractivity contribution in [1.29, 1.82) is 0 Å². The summed E-state index contributed by atoms with van der Waals surface area (Å²) < 4.78 is 42.3. The molecular weight excluding hydrogens is 477 g/mol. The zero-order chi connectivity index (χ0) is 24.4. The highest BCUT2D eigenvalue weighted by Gasteiger charge is 2.40. The Balaban J connectivity index is 1.39. The number of aromatic nitrogens is 2. The van der Waals surface area contributed by atoms with Crippen LogP contribution in [0.5, 0.6) is 0 Å². The van der Waals surface area contributed by atoms with Crippen molar-refractivity contribution in [3.8, 4) is 0 Å². The summed E-state index contributed by atoms with van der Waals surface area (Å²) in [6.07, 6.45) is -2.13. The van der Waals surface area contributed by atoms with Crippen LogP contribution in [-0.2, 0) is 11.0 Å². The Morgan fingerprint density at radius 2 is 1.85 bits per heavy atom. The van der Waals surface area contributed by atoms with Gasteiger partial charge in [0.25, 0.3) is 5.91 Å². The number of imidazole rings is 1. The van der Waals surface area contributed by atoms with Crippen LogP contribution >= 0.6 is 11.6 Å². The van der Waals surface area contributed by atoms with Gasteiger partial charge in [-0.2, -0.15) is 13.2 Å². The summed E-state index contributed by atoms with van der Waals surface area (Å²) in [7, 11) is 0. The number of halogens is 4. The van der Waals surface area contributed by atoms with Crippen LogP contribution in [-0.4, -0.2) is 79.1 Å². The van der Waals surface area contributed by atoms with Gasteiger partial charge in [-0.15, -0.1) is 0 Å². The van der Waals surface area contributed by atoms with Gasteiger partial charge < -0.3 is 20.0 Å². The third kappa shape index (κ3) is 4.14. The highest BCUT2D eigenvalue weighted by molar-refractivity contribution is 6.33. The average Bonchev–Trinajstić information content (AvgIpc) is 3.58. The number of alkyl halides is 3. The van der Waals surface area contributed by atoms with E-state index in [1.807, 2.05) is 0 Å². The Kier molecular flexibility index (Phi) is 5.77. The fraction of sp³-hybridized carbons (Fsp3) is 0.591. The molecule has 34 heavy (non-hydrogen) atoms. The fourth-order valence-corrected chi connectivity index (χ4v) is 5.16. The number of fused-ring (bicyclic) bond motifs is 1. The van der Waals surface area contributed by atoms with Crippen LogP contribution in [0.15, 0.2) is 12.3 Å². The van der Waals surface area contributed by atoms with Crippen molar-refractivity contribution in [1.82, 2.24) is 19.2 Å². The van der Waals surface area contributed by atoms with E-state index in [2.05, 4.69) is 4.98 Å². The maximum atomic E-state index is 13.7. The Morgan fingerprint density at radius 3 is 2.47 bits per heavy atom. The van der Waals surface area contributed by atoms with Crippen LogP contribution in [0.25, 0.3) is 5.65 Å². The second-order valence-electron chi connectivity index (χ2n) is 9.32. The van der Waals surface area contributed by atoms with Gasteiger partial charge in [-0.25, -0.2) is 4.98 Å². The van der Waals surface area contributed by atoms with Crippen LogP contribution in [0.4, 0.5) is 13.2 Å². The van der Waals surface area contributed by atoms with E-state index in [4.69, 9.17) is 11.6 Å². The molecule has 5 rings (SSSR count). The Hall–Kier alpha value is -2.37. The maximum absolute atomic E-state index is 13.7. The van der Waals surface area contributed by atoms with E-state index in [0.717, 1.165) is 23.3 Å². The number of carbonyl (C=O) groups excluding carboxylic acids is 2. The number of hydrogen-bond donors (Lipinski definition) is 2. The molecule has 3 atom stereocenters. The molecule has 2 saturated carbocycles. The van der Waals surface area contributed by atoms with Crippen molar-refractivity contribution in [2.24, 2.45) is 0 Å². The molecule has 2 aromatic rings. The third-order valence-corrected chi connectivity index (χ3v) is 7.34. The molecule has 3 aliphatic rings. The van der Waals surface area contributed by atoms with E-state index < -0.39 is 35.5 Å². The molecule has 2 aromatic heterocycles. The van der Waals surface area contributed by atoms with Gasteiger partial charge in [-0.05, 0) is 49.7 Å². The molecule has 2 amide bonds. The third-order valence-electron chi connectivity index (χ3n) is 6.98. The largest absolute Gasteiger partial charge is 0.419 e. The first kappa shape index (κ1) is 23.4. The Bertz CT molecular complexity index is 1150. The molecule has 184 valence electrons. The van der Waals surface area contributed by atoms with Crippen molar-refractivity contribution >= 4 is 29.1 Å². The number of hydrogen-bond acceptors (Lipinski definition) is 5. The zero-order valence-corrected chi connectivity index (χ0v) is 18.9. The van der Waals surface area contributed by atoms with Crippen LogP contribution in [0.1, 0.15) is 59.6 Å². The van der Waals surface area contributed by atoms with Crippen LogP contribution in [0.3, 0.4) is 0 Å². The second kappa shape index (κ2) is 8.39. The van der Waals surface area contributed by atoms with E-state index >= 15 is 0 Å². The van der Waals surface area contributed by atoms with Gasteiger partial charge >= 0.3 is 6.18 Å². The summed E-state index contributed by atoms with van der Waals surface area (Å²) in [5.41, 5.74) is -1.21. The number of nitrogens with zero attached hydrogens (tertiary/aromatic N) is 4. The molecule has 3 unspecified atom stereocenters. The summed E-state index contributed by atoms with van der Waals surface area (Å²) in [6.45, 7) is 0.101. The molecule has 0 aromatic carbocycles. The zero-order valence-electron chi connectivity index (χ0n) is 18.1. The number of aliphatic hydroxyl groups is 2. The molecule has 3 fully saturated rings. The number of aliphatic hydroxyl groups excluding tert-OH is 2. The van der Waals surface area contributed by atoms with Crippen molar-refractivity contribution in [3.05, 3.63) is 34.2 Å². The van der Waals surface area contributed by atoms with E-state index in [-0.39, 0.29) is 54.8 Å². The molecule has 2 aliphatic carbocycles. The number of carbonyl (C=O) groups is 2. The van der Waals surface area contributed by atoms with E-state index in [1.165, 1.54) is 11.1 Å². The molecule has 12 heteroatoms.